The van der Waals surface area contributed by atoms with Gasteiger partial charge in [0.05, 0.1) is 5.56 Å². The van der Waals surface area contributed by atoms with Crippen LogP contribution in [0.1, 0.15) is 42.5 Å². The molecule has 7 heteroatoms. The molecule has 2 amide bonds. The Bertz CT molecular complexity index is 788. The zero-order valence-electron chi connectivity index (χ0n) is 15.6. The van der Waals surface area contributed by atoms with Crippen LogP contribution in [0.25, 0.3) is 0 Å². The molecular weight excluding hydrogens is 422 g/mol. The van der Waals surface area contributed by atoms with Crippen LogP contribution < -0.4 is 15.4 Å². The van der Waals surface area contributed by atoms with Gasteiger partial charge in [0.25, 0.3) is 5.91 Å². The van der Waals surface area contributed by atoms with Gasteiger partial charge >= 0.3 is 0 Å². The number of carbonyl (C=O) groups is 2. The smallest absolute Gasteiger partial charge is 0.252 e. The Hall–Kier alpha value is -2.41. The monoisotopic (exact) mass is 445 g/mol. The van der Waals surface area contributed by atoms with Crippen molar-refractivity contribution >= 4 is 27.7 Å². The minimum Gasteiger partial charge on any atom is -0.439 e. The summed E-state index contributed by atoms with van der Waals surface area (Å²) in [4.78, 5) is 28.4. The fourth-order valence-corrected chi connectivity index (χ4v) is 3.44. The van der Waals surface area contributed by atoms with Crippen LogP contribution in [-0.4, -0.2) is 29.9 Å². The fourth-order valence-electron chi connectivity index (χ4n) is 3.17. The maximum absolute atomic E-state index is 12.2. The Balaban J connectivity index is 1.40. The SMILES string of the molecule is O=C(NCCNC(=O)C1CCCCC1)c1ccc(Oc2ccc(Br)cc2)nc1. The van der Waals surface area contributed by atoms with Crippen LogP contribution in [0.15, 0.2) is 47.1 Å². The quantitative estimate of drug-likeness (QED) is 0.629. The number of ether oxygens (including phenoxy) is 1. The number of hydrogen-bond acceptors (Lipinski definition) is 4. The molecule has 0 unspecified atom stereocenters. The molecule has 0 spiro atoms. The molecule has 0 atom stereocenters. The molecule has 2 aromatic rings. The molecule has 1 aromatic carbocycles. The summed E-state index contributed by atoms with van der Waals surface area (Å²) in [6.45, 7) is 0.813. The predicted octanol–water partition coefficient (Wildman–Crippen LogP) is 4.06. The molecular formula is C21H24BrN3O3. The van der Waals surface area contributed by atoms with Gasteiger partial charge in [-0.25, -0.2) is 4.98 Å². The van der Waals surface area contributed by atoms with Gasteiger partial charge in [-0.2, -0.15) is 0 Å². The zero-order valence-corrected chi connectivity index (χ0v) is 17.2. The van der Waals surface area contributed by atoms with Crippen LogP contribution in [-0.2, 0) is 4.79 Å². The number of carbonyl (C=O) groups excluding carboxylic acids is 2. The number of nitrogens with one attached hydrogen (secondary N) is 2. The minimum atomic E-state index is -0.227. The van der Waals surface area contributed by atoms with Gasteiger partial charge in [0.15, 0.2) is 0 Å². The van der Waals surface area contributed by atoms with Crippen molar-refractivity contribution in [3.8, 4) is 11.6 Å². The van der Waals surface area contributed by atoms with E-state index in [0.29, 0.717) is 30.3 Å². The lowest BCUT2D eigenvalue weighted by molar-refractivity contribution is -0.125. The third-order valence-corrected chi connectivity index (χ3v) is 5.25. The van der Waals surface area contributed by atoms with E-state index in [-0.39, 0.29) is 17.7 Å². The topological polar surface area (TPSA) is 80.3 Å². The van der Waals surface area contributed by atoms with Gasteiger partial charge in [-0.3, -0.25) is 9.59 Å². The molecule has 6 nitrogen and oxygen atoms in total. The number of hydrogen-bond donors (Lipinski definition) is 2. The summed E-state index contributed by atoms with van der Waals surface area (Å²) in [6.07, 6.45) is 6.90. The van der Waals surface area contributed by atoms with Crippen LogP contribution in [0.5, 0.6) is 11.6 Å². The summed E-state index contributed by atoms with van der Waals surface area (Å²) >= 11 is 3.37. The fraction of sp³-hybridized carbons (Fsp3) is 0.381. The third kappa shape index (κ3) is 6.05. The first-order valence-corrected chi connectivity index (χ1v) is 10.4. The second-order valence-corrected chi connectivity index (χ2v) is 7.74. The number of nitrogens with zero attached hydrogens (tertiary/aromatic N) is 1. The number of aromatic nitrogens is 1. The van der Waals surface area contributed by atoms with Crippen LogP contribution in [0, 0.1) is 5.92 Å². The first-order valence-electron chi connectivity index (χ1n) is 9.57. The van der Waals surface area contributed by atoms with Crippen molar-refractivity contribution < 1.29 is 14.3 Å². The van der Waals surface area contributed by atoms with E-state index in [1.807, 2.05) is 24.3 Å². The Morgan fingerprint density at radius 2 is 1.71 bits per heavy atom. The summed E-state index contributed by atoms with van der Waals surface area (Å²) in [6, 6.07) is 10.7. The summed E-state index contributed by atoms with van der Waals surface area (Å²) in [7, 11) is 0. The number of benzene rings is 1. The first kappa shape index (κ1) is 20.3. The van der Waals surface area contributed by atoms with Crippen molar-refractivity contribution in [3.63, 3.8) is 0 Å². The highest BCUT2D eigenvalue weighted by molar-refractivity contribution is 9.10. The van der Waals surface area contributed by atoms with Crippen LogP contribution in [0.4, 0.5) is 0 Å². The lowest BCUT2D eigenvalue weighted by Gasteiger charge is -2.20. The van der Waals surface area contributed by atoms with Crippen molar-refractivity contribution in [3.05, 3.63) is 52.6 Å². The Morgan fingerprint density at radius 1 is 1.00 bits per heavy atom. The number of halogens is 1. The lowest BCUT2D eigenvalue weighted by Crippen LogP contribution is -2.38. The Morgan fingerprint density at radius 3 is 2.39 bits per heavy atom. The number of pyridine rings is 1. The average molecular weight is 446 g/mol. The van der Waals surface area contributed by atoms with E-state index in [9.17, 15) is 9.59 Å². The maximum atomic E-state index is 12.2. The molecule has 28 heavy (non-hydrogen) atoms. The molecule has 3 rings (SSSR count). The molecule has 0 saturated heterocycles. The molecule has 1 aromatic heterocycles. The van der Waals surface area contributed by atoms with Crippen molar-refractivity contribution in [2.24, 2.45) is 5.92 Å². The predicted molar refractivity (Wildman–Crippen MR) is 110 cm³/mol. The first-order chi connectivity index (χ1) is 13.6. The molecule has 2 N–H and O–H groups in total. The van der Waals surface area contributed by atoms with Gasteiger partial charge in [-0.05, 0) is 43.2 Å². The third-order valence-electron chi connectivity index (χ3n) is 4.72. The second kappa shape index (κ2) is 10.2. The lowest BCUT2D eigenvalue weighted by atomic mass is 9.89. The summed E-state index contributed by atoms with van der Waals surface area (Å²) in [5.41, 5.74) is 0.446. The molecule has 1 fully saturated rings. The van der Waals surface area contributed by atoms with E-state index < -0.39 is 0 Å². The highest BCUT2D eigenvalue weighted by Gasteiger charge is 2.20. The van der Waals surface area contributed by atoms with E-state index in [2.05, 4.69) is 31.5 Å². The van der Waals surface area contributed by atoms with Gasteiger partial charge < -0.3 is 15.4 Å². The van der Waals surface area contributed by atoms with Gasteiger partial charge in [0.1, 0.15) is 5.75 Å². The largest absolute Gasteiger partial charge is 0.439 e. The van der Waals surface area contributed by atoms with Crippen molar-refractivity contribution in [1.82, 2.24) is 15.6 Å². The summed E-state index contributed by atoms with van der Waals surface area (Å²) < 4.78 is 6.61. The minimum absolute atomic E-state index is 0.102. The Kier molecular flexibility index (Phi) is 7.42. The highest BCUT2D eigenvalue weighted by atomic mass is 79.9. The number of rotatable bonds is 7. The molecule has 0 aliphatic heterocycles. The van der Waals surface area contributed by atoms with Gasteiger partial charge in [-0.1, -0.05) is 35.2 Å². The number of amides is 2. The van der Waals surface area contributed by atoms with Crippen LogP contribution in [0.3, 0.4) is 0 Å². The van der Waals surface area contributed by atoms with E-state index in [1.54, 1.807) is 12.1 Å². The van der Waals surface area contributed by atoms with Crippen molar-refractivity contribution in [2.45, 2.75) is 32.1 Å². The molecule has 148 valence electrons. The van der Waals surface area contributed by atoms with Crippen molar-refractivity contribution in [1.29, 1.82) is 0 Å². The van der Waals surface area contributed by atoms with E-state index in [4.69, 9.17) is 4.74 Å². The molecule has 0 radical (unpaired) electrons. The van der Waals surface area contributed by atoms with Crippen LogP contribution >= 0.6 is 15.9 Å². The van der Waals surface area contributed by atoms with E-state index in [0.717, 1.165) is 30.2 Å². The summed E-state index contributed by atoms with van der Waals surface area (Å²) in [5, 5.41) is 5.70. The zero-order chi connectivity index (χ0) is 19.8. The molecule has 1 saturated carbocycles. The second-order valence-electron chi connectivity index (χ2n) is 6.82. The molecule has 1 aliphatic carbocycles. The standard InChI is InChI=1S/C21H24BrN3O3/c22-17-7-9-18(10-8-17)28-19-11-6-16(14-25-19)21(27)24-13-12-23-20(26)15-4-2-1-3-5-15/h6-11,14-15H,1-5,12-13H2,(H,23,26)(H,24,27). The summed E-state index contributed by atoms with van der Waals surface area (Å²) in [5.74, 6) is 1.09. The van der Waals surface area contributed by atoms with E-state index >= 15 is 0 Å². The van der Waals surface area contributed by atoms with Gasteiger partial charge in [0, 0.05) is 35.7 Å². The Labute approximate surface area is 173 Å². The molecule has 1 aliphatic rings. The van der Waals surface area contributed by atoms with Crippen molar-refractivity contribution in [2.75, 3.05) is 13.1 Å². The van der Waals surface area contributed by atoms with Gasteiger partial charge in [0.2, 0.25) is 11.8 Å². The molecule has 0 bridgehead atoms. The van der Waals surface area contributed by atoms with Crippen LogP contribution in [0.2, 0.25) is 0 Å². The average Bonchev–Trinajstić information content (AvgIpc) is 2.73. The van der Waals surface area contributed by atoms with E-state index in [1.165, 1.54) is 12.6 Å². The normalized spacial score (nSPS) is 14.3. The maximum Gasteiger partial charge on any atom is 0.252 e. The highest BCUT2D eigenvalue weighted by Crippen LogP contribution is 2.23. The molecule has 1 heterocycles. The van der Waals surface area contributed by atoms with Gasteiger partial charge in [-0.15, -0.1) is 0 Å².